The van der Waals surface area contributed by atoms with E-state index in [4.69, 9.17) is 0 Å². The lowest BCUT2D eigenvalue weighted by molar-refractivity contribution is -0.109. The van der Waals surface area contributed by atoms with Crippen molar-refractivity contribution >= 4 is 17.2 Å². The molecule has 0 saturated carbocycles. The molecule has 1 aromatic carbocycles. The second kappa shape index (κ2) is 3.21. The van der Waals surface area contributed by atoms with E-state index in [2.05, 4.69) is 22.4 Å². The number of benzene rings is 1. The fourth-order valence-electron chi connectivity index (χ4n) is 2.26. The van der Waals surface area contributed by atoms with Crippen molar-refractivity contribution in [2.24, 2.45) is 0 Å². The summed E-state index contributed by atoms with van der Waals surface area (Å²) in [6.45, 7) is 0.757. The summed E-state index contributed by atoms with van der Waals surface area (Å²) in [5, 5.41) is 4.44. The van der Waals surface area contributed by atoms with Gasteiger partial charge >= 0.3 is 0 Å². The van der Waals surface area contributed by atoms with Crippen molar-refractivity contribution in [1.29, 1.82) is 0 Å². The van der Waals surface area contributed by atoms with E-state index in [0.29, 0.717) is 0 Å². The van der Waals surface area contributed by atoms with E-state index in [0.717, 1.165) is 24.8 Å². The summed E-state index contributed by atoms with van der Waals surface area (Å²) in [5.41, 5.74) is 3.67. The first-order chi connectivity index (χ1) is 7.38. The summed E-state index contributed by atoms with van der Waals surface area (Å²) < 4.78 is 0. The van der Waals surface area contributed by atoms with Crippen molar-refractivity contribution < 1.29 is 4.79 Å². The van der Waals surface area contributed by atoms with Gasteiger partial charge in [0.1, 0.15) is 6.29 Å². The van der Waals surface area contributed by atoms with Crippen LogP contribution in [0.2, 0.25) is 0 Å². The molecule has 15 heavy (non-hydrogen) atoms. The van der Waals surface area contributed by atoms with Crippen LogP contribution in [-0.4, -0.2) is 17.3 Å². The van der Waals surface area contributed by atoms with Crippen LogP contribution >= 0.6 is 0 Å². The lowest BCUT2D eigenvalue weighted by Gasteiger charge is -2.19. The molecule has 3 rings (SSSR count). The van der Waals surface area contributed by atoms with E-state index in [-0.39, 0.29) is 6.04 Å². The first kappa shape index (κ1) is 8.68. The van der Waals surface area contributed by atoms with Crippen LogP contribution in [0.3, 0.4) is 0 Å². The summed E-state index contributed by atoms with van der Waals surface area (Å²) in [4.78, 5) is 14.1. The number of para-hydroxylation sites is 1. The molecule has 1 atom stereocenters. The largest absolute Gasteiger partial charge is 0.357 e. The number of hydrogen-bond donors (Lipinski definition) is 2. The molecule has 0 bridgehead atoms. The highest BCUT2D eigenvalue weighted by Crippen LogP contribution is 2.25. The number of fused-ring (bicyclic) bond motifs is 3. The molecule has 76 valence electrons. The fourth-order valence-corrected chi connectivity index (χ4v) is 2.26. The molecule has 1 aromatic heterocycles. The topological polar surface area (TPSA) is 44.9 Å². The zero-order chi connectivity index (χ0) is 10.3. The van der Waals surface area contributed by atoms with Crippen LogP contribution in [0.1, 0.15) is 11.3 Å². The number of carbonyl (C=O) groups excluding carboxylic acids is 1. The van der Waals surface area contributed by atoms with E-state index < -0.39 is 0 Å². The molecule has 0 unspecified atom stereocenters. The van der Waals surface area contributed by atoms with Crippen LogP contribution in [0.15, 0.2) is 24.3 Å². The number of rotatable bonds is 1. The van der Waals surface area contributed by atoms with E-state index in [1.54, 1.807) is 0 Å². The minimum Gasteiger partial charge on any atom is -0.357 e. The quantitative estimate of drug-likeness (QED) is 0.683. The molecule has 2 heterocycles. The summed E-state index contributed by atoms with van der Waals surface area (Å²) in [5.74, 6) is 0. The minimum absolute atomic E-state index is 0.0308. The fraction of sp³-hybridized carbons (Fsp3) is 0.250. The van der Waals surface area contributed by atoms with E-state index >= 15 is 0 Å². The van der Waals surface area contributed by atoms with Gasteiger partial charge in [0.25, 0.3) is 0 Å². The molecule has 0 aliphatic carbocycles. The average Bonchev–Trinajstić information content (AvgIpc) is 2.66. The SMILES string of the molecule is O=C[C@@H]1Cc2c([nH]c3ccccc23)CN1. The zero-order valence-electron chi connectivity index (χ0n) is 8.29. The third-order valence-electron chi connectivity index (χ3n) is 3.03. The molecule has 0 fully saturated rings. The number of hydrogen-bond acceptors (Lipinski definition) is 2. The van der Waals surface area contributed by atoms with Gasteiger partial charge in [0, 0.05) is 23.1 Å². The Labute approximate surface area is 87.5 Å². The van der Waals surface area contributed by atoms with Gasteiger partial charge in [-0.25, -0.2) is 0 Å². The van der Waals surface area contributed by atoms with Crippen LogP contribution < -0.4 is 5.32 Å². The smallest absolute Gasteiger partial charge is 0.137 e. The van der Waals surface area contributed by atoms with E-state index in [9.17, 15) is 4.79 Å². The van der Waals surface area contributed by atoms with Gasteiger partial charge in [-0.2, -0.15) is 0 Å². The van der Waals surface area contributed by atoms with E-state index in [1.807, 2.05) is 12.1 Å². The van der Waals surface area contributed by atoms with Gasteiger partial charge in [0.2, 0.25) is 0 Å². The van der Waals surface area contributed by atoms with Crippen LogP contribution in [-0.2, 0) is 17.8 Å². The number of nitrogens with one attached hydrogen (secondary N) is 2. The molecular weight excluding hydrogens is 188 g/mol. The number of aromatic nitrogens is 1. The third kappa shape index (κ3) is 1.27. The summed E-state index contributed by atoms with van der Waals surface area (Å²) in [7, 11) is 0. The Morgan fingerprint density at radius 2 is 2.20 bits per heavy atom. The van der Waals surface area contributed by atoms with Gasteiger partial charge in [0.05, 0.1) is 6.04 Å². The minimum atomic E-state index is -0.0308. The van der Waals surface area contributed by atoms with Crippen molar-refractivity contribution in [3.63, 3.8) is 0 Å². The highest BCUT2D eigenvalue weighted by atomic mass is 16.1. The van der Waals surface area contributed by atoms with Crippen molar-refractivity contribution in [1.82, 2.24) is 10.3 Å². The number of carbonyl (C=O) groups is 1. The Kier molecular flexibility index (Phi) is 1.86. The Morgan fingerprint density at radius 1 is 1.33 bits per heavy atom. The lowest BCUT2D eigenvalue weighted by Crippen LogP contribution is -2.36. The lowest BCUT2D eigenvalue weighted by atomic mass is 9.99. The first-order valence-electron chi connectivity index (χ1n) is 5.15. The van der Waals surface area contributed by atoms with E-state index in [1.165, 1.54) is 16.6 Å². The molecule has 0 radical (unpaired) electrons. The Balaban J connectivity index is 2.18. The molecule has 1 aliphatic rings. The molecule has 2 N–H and O–H groups in total. The normalized spacial score (nSPS) is 20.1. The molecule has 0 spiro atoms. The Morgan fingerprint density at radius 3 is 3.07 bits per heavy atom. The Bertz CT molecular complexity index is 515. The molecule has 0 amide bonds. The standard InChI is InChI=1S/C12H12N2O/c15-7-8-5-10-9-3-1-2-4-11(9)14-12(10)6-13-8/h1-4,7-8,13-14H,5-6H2/t8-/m0/s1. The summed E-state index contributed by atoms with van der Waals surface area (Å²) in [6.07, 6.45) is 1.79. The van der Waals surface area contributed by atoms with Crippen LogP contribution in [0.5, 0.6) is 0 Å². The molecule has 3 heteroatoms. The second-order valence-electron chi connectivity index (χ2n) is 3.96. The molecule has 1 aliphatic heterocycles. The monoisotopic (exact) mass is 200 g/mol. The average molecular weight is 200 g/mol. The van der Waals surface area contributed by atoms with Gasteiger partial charge in [-0.15, -0.1) is 0 Å². The van der Waals surface area contributed by atoms with Gasteiger partial charge in [-0.3, -0.25) is 0 Å². The molecule has 0 saturated heterocycles. The number of aldehydes is 1. The van der Waals surface area contributed by atoms with Gasteiger partial charge in [-0.05, 0) is 18.1 Å². The molecular formula is C12H12N2O. The van der Waals surface area contributed by atoms with Gasteiger partial charge in [0.15, 0.2) is 0 Å². The third-order valence-corrected chi connectivity index (χ3v) is 3.03. The predicted molar refractivity (Wildman–Crippen MR) is 58.7 cm³/mol. The molecule has 3 nitrogen and oxygen atoms in total. The summed E-state index contributed by atoms with van der Waals surface area (Å²) in [6, 6.07) is 8.21. The van der Waals surface area contributed by atoms with Crippen LogP contribution in [0.25, 0.3) is 10.9 Å². The first-order valence-corrected chi connectivity index (χ1v) is 5.15. The summed E-state index contributed by atoms with van der Waals surface area (Å²) >= 11 is 0. The van der Waals surface area contributed by atoms with Crippen molar-refractivity contribution in [2.45, 2.75) is 19.0 Å². The maximum atomic E-state index is 10.8. The number of aromatic amines is 1. The Hall–Kier alpha value is -1.61. The van der Waals surface area contributed by atoms with Crippen molar-refractivity contribution in [3.05, 3.63) is 35.5 Å². The molecule has 2 aromatic rings. The highest BCUT2D eigenvalue weighted by molar-refractivity contribution is 5.85. The second-order valence-corrected chi connectivity index (χ2v) is 3.96. The van der Waals surface area contributed by atoms with Crippen molar-refractivity contribution in [3.8, 4) is 0 Å². The predicted octanol–water partition coefficient (Wildman–Crippen LogP) is 1.38. The van der Waals surface area contributed by atoms with Gasteiger partial charge < -0.3 is 15.1 Å². The maximum Gasteiger partial charge on any atom is 0.137 e. The van der Waals surface area contributed by atoms with Crippen molar-refractivity contribution in [2.75, 3.05) is 0 Å². The number of H-pyrrole nitrogens is 1. The highest BCUT2D eigenvalue weighted by Gasteiger charge is 2.20. The zero-order valence-corrected chi connectivity index (χ0v) is 8.29. The van der Waals surface area contributed by atoms with Crippen LogP contribution in [0.4, 0.5) is 0 Å². The maximum absolute atomic E-state index is 10.8. The van der Waals surface area contributed by atoms with Crippen LogP contribution in [0, 0.1) is 0 Å². The van der Waals surface area contributed by atoms with Gasteiger partial charge in [-0.1, -0.05) is 18.2 Å².